The zero-order valence-electron chi connectivity index (χ0n) is 15.8. The van der Waals surface area contributed by atoms with Gasteiger partial charge in [-0.2, -0.15) is 0 Å². The summed E-state index contributed by atoms with van der Waals surface area (Å²) >= 11 is 0. The number of aryl methyl sites for hydroxylation is 1. The average molecular weight is 382 g/mol. The minimum atomic E-state index is -0.493. The number of nitrogens with zero attached hydrogens (tertiary/aromatic N) is 2. The minimum Gasteiger partial charge on any atom is -0.450 e. The van der Waals surface area contributed by atoms with Gasteiger partial charge >= 0.3 is 0 Å². The molecule has 2 aromatic carbocycles. The van der Waals surface area contributed by atoms with Crippen LogP contribution in [0, 0.1) is 6.92 Å². The number of para-hydroxylation sites is 1. The molecular weight excluding hydrogens is 364 g/mol. The van der Waals surface area contributed by atoms with Gasteiger partial charge in [0, 0.05) is 18.9 Å². The van der Waals surface area contributed by atoms with E-state index >= 15 is 0 Å². The third-order valence-corrected chi connectivity index (χ3v) is 5.37. The van der Waals surface area contributed by atoms with Crippen molar-refractivity contribution in [1.29, 1.82) is 0 Å². The molecule has 0 spiro atoms. The Hall–Kier alpha value is -3.73. The first-order valence-electron chi connectivity index (χ1n) is 9.45. The third-order valence-electron chi connectivity index (χ3n) is 5.37. The second-order valence-electron chi connectivity index (χ2n) is 7.27. The van der Waals surface area contributed by atoms with Crippen LogP contribution in [0.1, 0.15) is 38.9 Å². The summed E-state index contributed by atoms with van der Waals surface area (Å²) < 4.78 is 5.94. The summed E-state index contributed by atoms with van der Waals surface area (Å²) in [4.78, 5) is 32.4. The molecule has 0 radical (unpaired) electrons. The summed E-state index contributed by atoms with van der Waals surface area (Å²) in [7, 11) is 0. The Morgan fingerprint density at radius 2 is 1.69 bits per heavy atom. The molecular formula is C24H18N2O3. The van der Waals surface area contributed by atoms with Gasteiger partial charge in [-0.3, -0.25) is 14.6 Å². The van der Waals surface area contributed by atoms with Crippen molar-refractivity contribution in [2.75, 3.05) is 0 Å². The van der Waals surface area contributed by atoms with E-state index in [1.54, 1.807) is 41.6 Å². The standard InChI is InChI=1S/C24H18N2O3/c1-15-6-8-17(9-7-15)21-20-22(27)18-4-2-3-5-19(18)29-23(20)24(28)26(21)14-16-10-12-25-13-11-16/h2-13,21H,14H2,1H3. The van der Waals surface area contributed by atoms with Gasteiger partial charge in [-0.1, -0.05) is 42.0 Å². The number of aromatic nitrogens is 1. The number of amides is 1. The van der Waals surface area contributed by atoms with Gasteiger partial charge < -0.3 is 9.32 Å². The van der Waals surface area contributed by atoms with Crippen LogP contribution in [-0.4, -0.2) is 15.8 Å². The van der Waals surface area contributed by atoms with Crippen LogP contribution in [0.15, 0.2) is 82.3 Å². The molecule has 0 saturated heterocycles. The molecule has 1 amide bonds. The molecule has 0 aliphatic carbocycles. The fourth-order valence-electron chi connectivity index (χ4n) is 3.91. The average Bonchev–Trinajstić information content (AvgIpc) is 3.02. The lowest BCUT2D eigenvalue weighted by Gasteiger charge is -2.25. The first kappa shape index (κ1) is 17.4. The number of fused-ring (bicyclic) bond motifs is 2. The number of pyridine rings is 1. The van der Waals surface area contributed by atoms with Crippen molar-refractivity contribution in [3.63, 3.8) is 0 Å². The number of carbonyl (C=O) groups is 1. The zero-order valence-corrected chi connectivity index (χ0v) is 15.8. The Bertz CT molecular complexity index is 1280. The van der Waals surface area contributed by atoms with Crippen LogP contribution in [0.2, 0.25) is 0 Å². The van der Waals surface area contributed by atoms with Crippen molar-refractivity contribution >= 4 is 16.9 Å². The molecule has 1 atom stereocenters. The van der Waals surface area contributed by atoms with Crippen LogP contribution in [0.4, 0.5) is 0 Å². The molecule has 0 fully saturated rings. The molecule has 2 aromatic heterocycles. The summed E-state index contributed by atoms with van der Waals surface area (Å²) in [5.74, 6) is -0.140. The van der Waals surface area contributed by atoms with E-state index in [0.717, 1.165) is 16.7 Å². The molecule has 0 N–H and O–H groups in total. The molecule has 1 aliphatic heterocycles. The Balaban J connectivity index is 1.73. The van der Waals surface area contributed by atoms with Crippen molar-refractivity contribution in [2.45, 2.75) is 19.5 Å². The second-order valence-corrected chi connectivity index (χ2v) is 7.27. The lowest BCUT2D eigenvalue weighted by atomic mass is 9.97. The lowest BCUT2D eigenvalue weighted by Crippen LogP contribution is -2.29. The monoisotopic (exact) mass is 382 g/mol. The Kier molecular flexibility index (Phi) is 4.02. The topological polar surface area (TPSA) is 63.4 Å². The lowest BCUT2D eigenvalue weighted by molar-refractivity contribution is 0.0714. The Morgan fingerprint density at radius 3 is 2.45 bits per heavy atom. The van der Waals surface area contributed by atoms with Crippen molar-refractivity contribution in [3.8, 4) is 0 Å². The third kappa shape index (κ3) is 2.83. The highest BCUT2D eigenvalue weighted by molar-refractivity contribution is 5.99. The Morgan fingerprint density at radius 1 is 0.966 bits per heavy atom. The predicted octanol–water partition coefficient (Wildman–Crippen LogP) is 4.24. The zero-order chi connectivity index (χ0) is 20.0. The van der Waals surface area contributed by atoms with E-state index in [1.807, 2.05) is 43.3 Å². The van der Waals surface area contributed by atoms with Gasteiger partial charge in [0.2, 0.25) is 5.76 Å². The SMILES string of the molecule is Cc1ccc(C2c3c(oc4ccccc4c3=O)C(=O)N2Cc2ccncc2)cc1. The number of rotatable bonds is 3. The van der Waals surface area contributed by atoms with Crippen molar-refractivity contribution in [2.24, 2.45) is 0 Å². The highest BCUT2D eigenvalue weighted by Gasteiger charge is 2.42. The van der Waals surface area contributed by atoms with E-state index < -0.39 is 6.04 Å². The van der Waals surface area contributed by atoms with Gasteiger partial charge in [0.15, 0.2) is 5.43 Å². The number of hydrogen-bond acceptors (Lipinski definition) is 4. The van der Waals surface area contributed by atoms with Crippen molar-refractivity contribution in [1.82, 2.24) is 9.88 Å². The maximum Gasteiger partial charge on any atom is 0.291 e. The summed E-state index contributed by atoms with van der Waals surface area (Å²) in [6.07, 6.45) is 3.39. The molecule has 0 bridgehead atoms. The summed E-state index contributed by atoms with van der Waals surface area (Å²) in [5, 5.41) is 0.488. The fourth-order valence-corrected chi connectivity index (χ4v) is 3.91. The normalized spacial score (nSPS) is 15.7. The maximum atomic E-state index is 13.4. The van der Waals surface area contributed by atoms with Crippen molar-refractivity contribution < 1.29 is 9.21 Å². The van der Waals surface area contributed by atoms with Gasteiger partial charge in [-0.25, -0.2) is 0 Å². The summed E-state index contributed by atoms with van der Waals surface area (Å²) in [6, 6.07) is 18.2. The van der Waals surface area contributed by atoms with Crippen LogP contribution < -0.4 is 5.43 Å². The van der Waals surface area contributed by atoms with Gasteiger partial charge in [0.25, 0.3) is 5.91 Å². The molecule has 5 rings (SSSR count). The number of carbonyl (C=O) groups excluding carboxylic acids is 1. The van der Waals surface area contributed by atoms with E-state index in [2.05, 4.69) is 4.98 Å². The largest absolute Gasteiger partial charge is 0.450 e. The molecule has 0 saturated carbocycles. The van der Waals surface area contributed by atoms with Crippen LogP contribution in [0.3, 0.4) is 0 Å². The Labute approximate surface area is 167 Å². The van der Waals surface area contributed by atoms with Crippen LogP contribution in [0.25, 0.3) is 11.0 Å². The summed E-state index contributed by atoms with van der Waals surface area (Å²) in [5.41, 5.74) is 3.63. The molecule has 1 aliphatic rings. The first-order chi connectivity index (χ1) is 14.1. The van der Waals surface area contributed by atoms with Crippen LogP contribution in [0.5, 0.6) is 0 Å². The highest BCUT2D eigenvalue weighted by atomic mass is 16.3. The molecule has 5 nitrogen and oxygen atoms in total. The van der Waals surface area contributed by atoms with Gasteiger partial charge in [-0.05, 0) is 42.3 Å². The maximum absolute atomic E-state index is 13.4. The van der Waals surface area contributed by atoms with E-state index in [1.165, 1.54) is 0 Å². The smallest absolute Gasteiger partial charge is 0.291 e. The minimum absolute atomic E-state index is 0.133. The first-order valence-corrected chi connectivity index (χ1v) is 9.45. The quantitative estimate of drug-likeness (QED) is 0.532. The van der Waals surface area contributed by atoms with E-state index in [0.29, 0.717) is 23.1 Å². The molecule has 5 heteroatoms. The van der Waals surface area contributed by atoms with Gasteiger partial charge in [-0.15, -0.1) is 0 Å². The van der Waals surface area contributed by atoms with Crippen LogP contribution in [-0.2, 0) is 6.54 Å². The second kappa shape index (κ2) is 6.71. The molecule has 29 heavy (non-hydrogen) atoms. The number of benzene rings is 2. The molecule has 142 valence electrons. The van der Waals surface area contributed by atoms with E-state index in [-0.39, 0.29) is 17.1 Å². The summed E-state index contributed by atoms with van der Waals surface area (Å²) in [6.45, 7) is 2.37. The van der Waals surface area contributed by atoms with Gasteiger partial charge in [0.1, 0.15) is 5.58 Å². The van der Waals surface area contributed by atoms with E-state index in [4.69, 9.17) is 4.42 Å². The molecule has 4 aromatic rings. The number of hydrogen-bond donors (Lipinski definition) is 0. The van der Waals surface area contributed by atoms with E-state index in [9.17, 15) is 9.59 Å². The fraction of sp³-hybridized carbons (Fsp3) is 0.125. The van der Waals surface area contributed by atoms with Crippen molar-refractivity contribution in [3.05, 3.63) is 111 Å². The van der Waals surface area contributed by atoms with Crippen LogP contribution >= 0.6 is 0 Å². The highest BCUT2D eigenvalue weighted by Crippen LogP contribution is 2.39. The van der Waals surface area contributed by atoms with Gasteiger partial charge in [0.05, 0.1) is 17.0 Å². The molecule has 3 heterocycles. The molecule has 1 unspecified atom stereocenters. The predicted molar refractivity (Wildman–Crippen MR) is 110 cm³/mol.